The highest BCUT2D eigenvalue weighted by Crippen LogP contribution is 2.29. The molecule has 0 bridgehead atoms. The van der Waals surface area contributed by atoms with Gasteiger partial charge in [0, 0.05) is 42.2 Å². The van der Waals surface area contributed by atoms with Gasteiger partial charge in [0.2, 0.25) is 0 Å². The van der Waals surface area contributed by atoms with Crippen LogP contribution in [-0.2, 0) is 0 Å². The van der Waals surface area contributed by atoms with Crippen molar-refractivity contribution in [1.82, 2.24) is 9.88 Å². The lowest BCUT2D eigenvalue weighted by Crippen LogP contribution is -2.38. The zero-order chi connectivity index (χ0) is 21.6. The van der Waals surface area contributed by atoms with Crippen molar-refractivity contribution in [3.05, 3.63) is 101 Å². The number of rotatable bonds is 3. The Morgan fingerprint density at radius 1 is 0.935 bits per heavy atom. The van der Waals surface area contributed by atoms with E-state index in [0.29, 0.717) is 24.6 Å². The topological polar surface area (TPSA) is 83.1 Å². The van der Waals surface area contributed by atoms with Crippen LogP contribution in [-0.4, -0.2) is 34.7 Å². The van der Waals surface area contributed by atoms with Crippen LogP contribution in [0.4, 0.5) is 0 Å². The number of carbonyl (C=O) groups is 1. The molecular weight excluding hydrogens is 384 g/mol. The van der Waals surface area contributed by atoms with Crippen molar-refractivity contribution in [2.24, 2.45) is 5.73 Å². The summed E-state index contributed by atoms with van der Waals surface area (Å²) in [5.74, 6) is 6.63. The van der Waals surface area contributed by atoms with Crippen LogP contribution >= 0.6 is 0 Å². The smallest absolute Gasteiger partial charge is 0.255 e. The van der Waals surface area contributed by atoms with E-state index in [1.807, 2.05) is 59.5 Å². The number of pyridine rings is 1. The summed E-state index contributed by atoms with van der Waals surface area (Å²) in [7, 11) is 0. The van der Waals surface area contributed by atoms with Crippen LogP contribution in [0.2, 0.25) is 0 Å². The average Bonchev–Trinajstić information content (AvgIpc) is 2.83. The summed E-state index contributed by atoms with van der Waals surface area (Å²) in [6.07, 6.45) is 5.06. The first-order valence-corrected chi connectivity index (χ1v) is 10.4. The lowest BCUT2D eigenvalue weighted by molar-refractivity contribution is 0.0712. The number of aromatic nitrogens is 1. The minimum Gasteiger partial charge on any atom is -0.384 e. The number of carbonyl (C=O) groups excluding carboxylic acids is 1. The molecule has 2 heterocycles. The van der Waals surface area contributed by atoms with Crippen LogP contribution < -0.4 is 5.73 Å². The van der Waals surface area contributed by atoms with Gasteiger partial charge >= 0.3 is 0 Å². The zero-order valence-corrected chi connectivity index (χ0v) is 17.2. The average molecular weight is 409 g/mol. The number of nitrogens with two attached hydrogens (primary N) is 1. The molecular formula is C26H24N4O. The van der Waals surface area contributed by atoms with E-state index in [0.717, 1.165) is 29.5 Å². The third-order valence-electron chi connectivity index (χ3n) is 5.56. The number of amidine groups is 1. The first-order chi connectivity index (χ1) is 15.1. The molecule has 0 atom stereocenters. The molecule has 4 rings (SSSR count). The fraction of sp³-hybridized carbons (Fsp3) is 0.192. The number of likely N-dealkylation sites (tertiary alicyclic amines) is 1. The van der Waals surface area contributed by atoms with Crippen LogP contribution in [0.25, 0.3) is 0 Å². The predicted octanol–water partition coefficient (Wildman–Crippen LogP) is 3.79. The van der Waals surface area contributed by atoms with Crippen LogP contribution in [0.5, 0.6) is 0 Å². The molecule has 0 aliphatic carbocycles. The second kappa shape index (κ2) is 9.27. The second-order valence-electron chi connectivity index (χ2n) is 7.68. The molecule has 2 aromatic carbocycles. The Morgan fingerprint density at radius 3 is 2.42 bits per heavy atom. The highest BCUT2D eigenvalue weighted by atomic mass is 16.2. The fourth-order valence-electron chi connectivity index (χ4n) is 3.85. The van der Waals surface area contributed by atoms with Gasteiger partial charge < -0.3 is 10.6 Å². The van der Waals surface area contributed by atoms with Gasteiger partial charge in [-0.25, -0.2) is 0 Å². The van der Waals surface area contributed by atoms with Gasteiger partial charge in [-0.2, -0.15) is 0 Å². The van der Waals surface area contributed by atoms with Crippen molar-refractivity contribution < 1.29 is 4.79 Å². The highest BCUT2D eigenvalue weighted by molar-refractivity contribution is 5.95. The van der Waals surface area contributed by atoms with Gasteiger partial charge in [0.25, 0.3) is 5.91 Å². The van der Waals surface area contributed by atoms with Crippen LogP contribution in [0, 0.1) is 17.3 Å². The molecule has 0 unspecified atom stereocenters. The molecule has 1 aromatic heterocycles. The first kappa shape index (κ1) is 20.4. The normalized spacial score (nSPS) is 13.9. The number of piperidine rings is 1. The molecule has 154 valence electrons. The molecule has 1 saturated heterocycles. The van der Waals surface area contributed by atoms with E-state index < -0.39 is 0 Å². The molecule has 1 aliphatic rings. The maximum absolute atomic E-state index is 13.0. The van der Waals surface area contributed by atoms with Crippen molar-refractivity contribution in [2.45, 2.75) is 18.8 Å². The second-order valence-corrected chi connectivity index (χ2v) is 7.68. The lowest BCUT2D eigenvalue weighted by Gasteiger charge is -2.32. The van der Waals surface area contributed by atoms with E-state index >= 15 is 0 Å². The van der Waals surface area contributed by atoms with Crippen LogP contribution in [0.1, 0.15) is 51.4 Å². The van der Waals surface area contributed by atoms with E-state index in [1.54, 1.807) is 12.4 Å². The summed E-state index contributed by atoms with van der Waals surface area (Å²) in [5, 5.41) is 7.63. The number of nitrogens with zero attached hydrogens (tertiary/aromatic N) is 2. The van der Waals surface area contributed by atoms with E-state index in [-0.39, 0.29) is 11.7 Å². The quantitative estimate of drug-likeness (QED) is 0.393. The summed E-state index contributed by atoms with van der Waals surface area (Å²) >= 11 is 0. The van der Waals surface area contributed by atoms with Crippen molar-refractivity contribution in [2.75, 3.05) is 13.1 Å². The molecule has 31 heavy (non-hydrogen) atoms. The van der Waals surface area contributed by atoms with Crippen molar-refractivity contribution >= 4 is 11.7 Å². The SMILES string of the molecule is N=C(N)c1cccc(C2CCN(C(=O)c3cncc(C#Cc4ccccc4)c3)CC2)c1. The number of hydrogen-bond donors (Lipinski definition) is 2. The third-order valence-corrected chi connectivity index (χ3v) is 5.56. The standard InChI is InChI=1S/C26H24N4O/c27-25(28)23-8-4-7-22(16-23)21-11-13-30(14-12-21)26(31)24-15-20(17-29-18-24)10-9-19-5-2-1-3-6-19/h1-8,15-18,21H,11-14H2,(H3,27,28). The van der Waals surface area contributed by atoms with Crippen molar-refractivity contribution in [1.29, 1.82) is 5.41 Å². The Kier molecular flexibility index (Phi) is 6.09. The van der Waals surface area contributed by atoms with Crippen LogP contribution in [0.15, 0.2) is 73.1 Å². The molecule has 0 saturated carbocycles. The van der Waals surface area contributed by atoms with Gasteiger partial charge in [0.1, 0.15) is 5.84 Å². The first-order valence-electron chi connectivity index (χ1n) is 10.4. The monoisotopic (exact) mass is 408 g/mol. The Balaban J connectivity index is 1.42. The molecule has 5 heteroatoms. The molecule has 0 radical (unpaired) electrons. The molecule has 3 N–H and O–H groups in total. The van der Waals surface area contributed by atoms with E-state index in [9.17, 15) is 4.79 Å². The molecule has 0 spiro atoms. The number of benzene rings is 2. The molecule has 1 amide bonds. The van der Waals surface area contributed by atoms with Crippen molar-refractivity contribution in [3.8, 4) is 11.8 Å². The van der Waals surface area contributed by atoms with Gasteiger partial charge in [0.05, 0.1) is 5.56 Å². The lowest BCUT2D eigenvalue weighted by atomic mass is 9.88. The minimum absolute atomic E-state index is 0.00759. The van der Waals surface area contributed by atoms with Gasteiger partial charge in [-0.05, 0) is 48.6 Å². The largest absolute Gasteiger partial charge is 0.384 e. The van der Waals surface area contributed by atoms with Gasteiger partial charge in [-0.15, -0.1) is 0 Å². The van der Waals surface area contributed by atoms with Gasteiger partial charge in [-0.3, -0.25) is 15.2 Å². The van der Waals surface area contributed by atoms with Crippen LogP contribution in [0.3, 0.4) is 0 Å². The summed E-state index contributed by atoms with van der Waals surface area (Å²) in [6, 6.07) is 19.4. The van der Waals surface area contributed by atoms with Crippen molar-refractivity contribution in [3.63, 3.8) is 0 Å². The Morgan fingerprint density at radius 2 is 1.68 bits per heavy atom. The molecule has 5 nitrogen and oxygen atoms in total. The fourth-order valence-corrected chi connectivity index (χ4v) is 3.85. The summed E-state index contributed by atoms with van der Waals surface area (Å²) in [4.78, 5) is 19.1. The minimum atomic E-state index is -0.00759. The number of nitrogen functional groups attached to an aromatic ring is 1. The maximum atomic E-state index is 13.0. The van der Waals surface area contributed by atoms with Gasteiger partial charge in [-0.1, -0.05) is 48.2 Å². The molecule has 3 aromatic rings. The number of hydrogen-bond acceptors (Lipinski definition) is 3. The summed E-state index contributed by atoms with van der Waals surface area (Å²) < 4.78 is 0. The summed E-state index contributed by atoms with van der Waals surface area (Å²) in [6.45, 7) is 1.38. The Labute approximate surface area is 182 Å². The summed E-state index contributed by atoms with van der Waals surface area (Å²) in [5.41, 5.74) is 9.77. The molecule has 1 aliphatic heterocycles. The van der Waals surface area contributed by atoms with E-state index in [1.165, 1.54) is 5.56 Å². The zero-order valence-electron chi connectivity index (χ0n) is 17.2. The van der Waals surface area contributed by atoms with E-state index in [2.05, 4.69) is 22.9 Å². The predicted molar refractivity (Wildman–Crippen MR) is 122 cm³/mol. The number of nitrogens with one attached hydrogen (secondary N) is 1. The maximum Gasteiger partial charge on any atom is 0.255 e. The van der Waals surface area contributed by atoms with E-state index in [4.69, 9.17) is 11.1 Å². The number of amides is 1. The van der Waals surface area contributed by atoms with Gasteiger partial charge in [0.15, 0.2) is 0 Å². The molecule has 1 fully saturated rings. The Bertz CT molecular complexity index is 1150. The highest BCUT2D eigenvalue weighted by Gasteiger charge is 2.25. The Hall–Kier alpha value is -3.91. The third kappa shape index (κ3) is 4.99.